The van der Waals surface area contributed by atoms with E-state index < -0.39 is 0 Å². The Hall–Kier alpha value is -1.55. The van der Waals surface area contributed by atoms with Gasteiger partial charge in [-0.05, 0) is 31.0 Å². The first-order chi connectivity index (χ1) is 10.2. The van der Waals surface area contributed by atoms with E-state index in [1.54, 1.807) is 6.07 Å². The molecule has 0 aliphatic heterocycles. The van der Waals surface area contributed by atoms with Crippen molar-refractivity contribution >= 4 is 11.7 Å². The number of ether oxygens (including phenoxy) is 1. The summed E-state index contributed by atoms with van der Waals surface area (Å²) >= 11 is 0. The number of carbonyl (C=O) groups is 1. The molecule has 0 unspecified atom stereocenters. The fraction of sp³-hybridized carbons (Fsp3) is 0.588. The zero-order chi connectivity index (χ0) is 15.2. The molecule has 1 aromatic carbocycles. The summed E-state index contributed by atoms with van der Waals surface area (Å²) in [7, 11) is 1.40. The Labute approximate surface area is 127 Å². The number of benzene rings is 1. The Kier molecular flexibility index (Phi) is 5.62. The second-order valence-corrected chi connectivity index (χ2v) is 5.73. The molecule has 1 saturated carbocycles. The van der Waals surface area contributed by atoms with Crippen molar-refractivity contribution in [3.63, 3.8) is 0 Å². The molecule has 2 rings (SSSR count). The van der Waals surface area contributed by atoms with Gasteiger partial charge in [0.1, 0.15) is 0 Å². The maximum atomic E-state index is 12.0. The molecule has 0 aromatic heterocycles. The molecule has 4 heteroatoms. The number of anilines is 1. The molecule has 0 bridgehead atoms. The van der Waals surface area contributed by atoms with E-state index in [-0.39, 0.29) is 5.97 Å². The van der Waals surface area contributed by atoms with Crippen molar-refractivity contribution < 1.29 is 9.53 Å². The molecule has 1 fully saturated rings. The summed E-state index contributed by atoms with van der Waals surface area (Å²) in [5.74, 6) is -0.345. The van der Waals surface area contributed by atoms with Crippen molar-refractivity contribution in [3.05, 3.63) is 29.3 Å². The summed E-state index contributed by atoms with van der Waals surface area (Å²) in [6.45, 7) is 3.93. The maximum Gasteiger partial charge on any atom is 0.340 e. The van der Waals surface area contributed by atoms with Crippen LogP contribution >= 0.6 is 0 Å². The summed E-state index contributed by atoms with van der Waals surface area (Å²) in [6.07, 6.45) is 6.47. The summed E-state index contributed by atoms with van der Waals surface area (Å²) < 4.78 is 4.88. The number of nitrogens with zero attached hydrogens (tertiary/aromatic N) is 1. The van der Waals surface area contributed by atoms with Gasteiger partial charge in [0.15, 0.2) is 0 Å². The van der Waals surface area contributed by atoms with E-state index >= 15 is 0 Å². The van der Waals surface area contributed by atoms with Gasteiger partial charge in [0.2, 0.25) is 0 Å². The molecular formula is C17H26N2O2. The minimum Gasteiger partial charge on any atom is -0.465 e. The van der Waals surface area contributed by atoms with Crippen LogP contribution < -0.4 is 5.73 Å². The van der Waals surface area contributed by atoms with E-state index in [4.69, 9.17) is 10.5 Å². The number of nitrogens with two attached hydrogens (primary N) is 1. The van der Waals surface area contributed by atoms with E-state index in [1.807, 2.05) is 12.1 Å². The number of nitrogen functional groups attached to an aromatic ring is 1. The third-order valence-electron chi connectivity index (χ3n) is 4.44. The average molecular weight is 290 g/mol. The smallest absolute Gasteiger partial charge is 0.340 e. The SMILES string of the molecule is CCN(Cc1cccc(N)c1C(=O)OC)C1CCCCC1. The van der Waals surface area contributed by atoms with Gasteiger partial charge in [-0.25, -0.2) is 4.79 Å². The number of hydrogen-bond donors (Lipinski definition) is 1. The quantitative estimate of drug-likeness (QED) is 0.668. The van der Waals surface area contributed by atoms with Crippen LogP contribution in [0.4, 0.5) is 5.69 Å². The first-order valence-corrected chi connectivity index (χ1v) is 7.87. The van der Waals surface area contributed by atoms with Crippen LogP contribution in [0, 0.1) is 0 Å². The van der Waals surface area contributed by atoms with Crippen molar-refractivity contribution in [2.45, 2.75) is 51.6 Å². The van der Waals surface area contributed by atoms with Crippen LogP contribution in [0.25, 0.3) is 0 Å². The fourth-order valence-electron chi connectivity index (χ4n) is 3.27. The topological polar surface area (TPSA) is 55.6 Å². The van der Waals surface area contributed by atoms with Crippen LogP contribution in [0.1, 0.15) is 54.9 Å². The van der Waals surface area contributed by atoms with Gasteiger partial charge in [0.25, 0.3) is 0 Å². The number of carbonyl (C=O) groups excluding carboxylic acids is 1. The highest BCUT2D eigenvalue weighted by molar-refractivity contribution is 5.96. The molecule has 1 aromatic rings. The Bertz CT molecular complexity index is 482. The van der Waals surface area contributed by atoms with E-state index in [0.717, 1.165) is 18.7 Å². The summed E-state index contributed by atoms with van der Waals surface area (Å²) in [5.41, 5.74) is 7.96. The molecule has 116 valence electrons. The Balaban J connectivity index is 2.20. The van der Waals surface area contributed by atoms with Crippen molar-refractivity contribution in [3.8, 4) is 0 Å². The molecule has 0 atom stereocenters. The standard InChI is InChI=1S/C17H26N2O2/c1-3-19(14-9-5-4-6-10-14)12-13-8-7-11-15(18)16(13)17(20)21-2/h7-8,11,14H,3-6,9-10,12,18H2,1-2H3. The zero-order valence-corrected chi connectivity index (χ0v) is 13.1. The number of rotatable bonds is 5. The second-order valence-electron chi connectivity index (χ2n) is 5.73. The first-order valence-electron chi connectivity index (χ1n) is 7.87. The fourth-order valence-corrected chi connectivity index (χ4v) is 3.27. The molecule has 1 aliphatic rings. The van der Waals surface area contributed by atoms with E-state index in [0.29, 0.717) is 17.3 Å². The van der Waals surface area contributed by atoms with Gasteiger partial charge in [-0.3, -0.25) is 4.90 Å². The third kappa shape index (κ3) is 3.76. The monoisotopic (exact) mass is 290 g/mol. The molecular weight excluding hydrogens is 264 g/mol. The minimum atomic E-state index is -0.345. The number of methoxy groups -OCH3 is 1. The van der Waals surface area contributed by atoms with Gasteiger partial charge in [0, 0.05) is 18.3 Å². The lowest BCUT2D eigenvalue weighted by Gasteiger charge is -2.34. The molecule has 0 heterocycles. The van der Waals surface area contributed by atoms with Gasteiger partial charge < -0.3 is 10.5 Å². The largest absolute Gasteiger partial charge is 0.465 e. The van der Waals surface area contributed by atoms with Crippen molar-refractivity contribution in [1.29, 1.82) is 0 Å². The Morgan fingerprint density at radius 2 is 2.05 bits per heavy atom. The van der Waals surface area contributed by atoms with E-state index in [2.05, 4.69) is 11.8 Å². The summed E-state index contributed by atoms with van der Waals surface area (Å²) in [5, 5.41) is 0. The molecule has 0 spiro atoms. The molecule has 0 amide bonds. The lowest BCUT2D eigenvalue weighted by Crippen LogP contribution is -2.36. The van der Waals surface area contributed by atoms with Crippen LogP contribution in [0.15, 0.2) is 18.2 Å². The highest BCUT2D eigenvalue weighted by Gasteiger charge is 2.23. The molecule has 1 aliphatic carbocycles. The van der Waals surface area contributed by atoms with Crippen molar-refractivity contribution in [1.82, 2.24) is 4.90 Å². The van der Waals surface area contributed by atoms with Gasteiger partial charge in [0.05, 0.1) is 12.7 Å². The van der Waals surface area contributed by atoms with Crippen molar-refractivity contribution in [2.75, 3.05) is 19.4 Å². The van der Waals surface area contributed by atoms with Crippen molar-refractivity contribution in [2.24, 2.45) is 0 Å². The first kappa shape index (κ1) is 15.8. The van der Waals surface area contributed by atoms with E-state index in [9.17, 15) is 4.79 Å². The van der Waals surface area contributed by atoms with Gasteiger partial charge >= 0.3 is 5.97 Å². The van der Waals surface area contributed by atoms with Crippen LogP contribution in [-0.2, 0) is 11.3 Å². The molecule has 0 saturated heterocycles. The van der Waals surface area contributed by atoms with Gasteiger partial charge in [-0.1, -0.05) is 38.3 Å². The van der Waals surface area contributed by atoms with Crippen LogP contribution in [0.2, 0.25) is 0 Å². The normalized spacial score (nSPS) is 16.1. The Morgan fingerprint density at radius 1 is 1.33 bits per heavy atom. The lowest BCUT2D eigenvalue weighted by atomic mass is 9.93. The lowest BCUT2D eigenvalue weighted by molar-refractivity contribution is 0.0598. The minimum absolute atomic E-state index is 0.345. The molecule has 21 heavy (non-hydrogen) atoms. The maximum absolute atomic E-state index is 12.0. The predicted molar refractivity (Wildman–Crippen MR) is 85.2 cm³/mol. The van der Waals surface area contributed by atoms with Crippen LogP contribution in [-0.4, -0.2) is 30.6 Å². The van der Waals surface area contributed by atoms with Gasteiger partial charge in [-0.15, -0.1) is 0 Å². The van der Waals surface area contributed by atoms with Gasteiger partial charge in [-0.2, -0.15) is 0 Å². The predicted octanol–water partition coefficient (Wildman–Crippen LogP) is 3.21. The summed E-state index contributed by atoms with van der Waals surface area (Å²) in [4.78, 5) is 14.4. The number of hydrogen-bond acceptors (Lipinski definition) is 4. The zero-order valence-electron chi connectivity index (χ0n) is 13.1. The van der Waals surface area contributed by atoms with E-state index in [1.165, 1.54) is 39.2 Å². The highest BCUT2D eigenvalue weighted by atomic mass is 16.5. The van der Waals surface area contributed by atoms with Crippen LogP contribution in [0.3, 0.4) is 0 Å². The molecule has 4 nitrogen and oxygen atoms in total. The Morgan fingerprint density at radius 3 is 2.67 bits per heavy atom. The highest BCUT2D eigenvalue weighted by Crippen LogP contribution is 2.26. The summed E-state index contributed by atoms with van der Waals surface area (Å²) in [6, 6.07) is 6.27. The van der Waals surface area contributed by atoms with Crippen LogP contribution in [0.5, 0.6) is 0 Å². The molecule has 0 radical (unpaired) electrons. The second kappa shape index (κ2) is 7.46. The average Bonchev–Trinajstić information content (AvgIpc) is 2.52. The third-order valence-corrected chi connectivity index (χ3v) is 4.44. The molecule has 2 N–H and O–H groups in total. The number of esters is 1.